The number of ether oxygens (including phenoxy) is 2. The molecule has 0 N–H and O–H groups in total. The van der Waals surface area contributed by atoms with E-state index in [1.54, 1.807) is 0 Å². The Balaban J connectivity index is 1.54. The molecule has 32 heavy (non-hydrogen) atoms. The summed E-state index contributed by atoms with van der Waals surface area (Å²) in [5, 5.41) is 11.5. The van der Waals surface area contributed by atoms with E-state index in [1.807, 2.05) is 42.6 Å². The second-order valence-electron chi connectivity index (χ2n) is 7.14. The third-order valence-electron chi connectivity index (χ3n) is 5.00. The molecule has 0 atom stereocenters. The van der Waals surface area contributed by atoms with Gasteiger partial charge in [0, 0.05) is 23.6 Å². The van der Waals surface area contributed by atoms with Gasteiger partial charge in [0.1, 0.15) is 4.83 Å². The number of esters is 1. The SMILES string of the molecule is COc1cc(C#N)ccc1OC(=O)CCn1cnc2scc(-c3ccc(C)cc3)c2c1=O. The number of nitrogens with zero attached hydrogens (tertiary/aromatic N) is 3. The molecule has 0 saturated carbocycles. The number of carbonyl (C=O) groups is 1. The zero-order chi connectivity index (χ0) is 22.7. The maximum atomic E-state index is 13.1. The molecule has 4 aromatic rings. The van der Waals surface area contributed by atoms with Crippen molar-refractivity contribution in [2.75, 3.05) is 7.11 Å². The van der Waals surface area contributed by atoms with E-state index >= 15 is 0 Å². The summed E-state index contributed by atoms with van der Waals surface area (Å²) >= 11 is 1.42. The molecule has 160 valence electrons. The van der Waals surface area contributed by atoms with Crippen molar-refractivity contribution in [3.05, 3.63) is 75.7 Å². The molecular formula is C24H19N3O4S. The predicted molar refractivity (Wildman–Crippen MR) is 122 cm³/mol. The minimum absolute atomic E-state index is 0.0275. The second-order valence-corrected chi connectivity index (χ2v) is 8.00. The lowest BCUT2D eigenvalue weighted by molar-refractivity contribution is -0.134. The quantitative estimate of drug-likeness (QED) is 0.324. The standard InChI is InChI=1S/C24H19N3O4S/c1-15-3-6-17(7-4-15)18-13-32-23-22(18)24(29)27(14-26-23)10-9-21(28)31-19-8-5-16(12-25)11-20(19)30-2/h3-8,11,13-14H,9-10H2,1-2H3. The van der Waals surface area contributed by atoms with E-state index in [0.29, 0.717) is 21.5 Å². The number of aryl methyl sites for hydroxylation is 2. The highest BCUT2D eigenvalue weighted by Crippen LogP contribution is 2.31. The molecule has 2 heterocycles. The monoisotopic (exact) mass is 445 g/mol. The summed E-state index contributed by atoms with van der Waals surface area (Å²) in [6, 6.07) is 14.5. The Morgan fingerprint density at radius 3 is 2.69 bits per heavy atom. The summed E-state index contributed by atoms with van der Waals surface area (Å²) in [6.45, 7) is 2.14. The molecule has 0 amide bonds. The zero-order valence-corrected chi connectivity index (χ0v) is 18.3. The Morgan fingerprint density at radius 1 is 1.19 bits per heavy atom. The number of aromatic nitrogens is 2. The Hall–Kier alpha value is -3.96. The highest BCUT2D eigenvalue weighted by Gasteiger charge is 2.15. The molecule has 4 rings (SSSR count). The van der Waals surface area contributed by atoms with Gasteiger partial charge in [-0.05, 0) is 24.6 Å². The normalized spacial score (nSPS) is 10.7. The van der Waals surface area contributed by atoms with Gasteiger partial charge < -0.3 is 9.47 Å². The molecule has 0 aliphatic carbocycles. The van der Waals surface area contributed by atoms with Gasteiger partial charge in [-0.25, -0.2) is 4.98 Å². The van der Waals surface area contributed by atoms with Crippen molar-refractivity contribution < 1.29 is 14.3 Å². The first-order chi connectivity index (χ1) is 15.5. The maximum Gasteiger partial charge on any atom is 0.313 e. The summed E-state index contributed by atoms with van der Waals surface area (Å²) in [7, 11) is 1.43. The van der Waals surface area contributed by atoms with E-state index in [-0.39, 0.29) is 24.3 Å². The second kappa shape index (κ2) is 9.04. The number of methoxy groups -OCH3 is 1. The minimum atomic E-state index is -0.524. The van der Waals surface area contributed by atoms with Crippen molar-refractivity contribution in [2.24, 2.45) is 0 Å². The van der Waals surface area contributed by atoms with Crippen LogP contribution in [-0.2, 0) is 11.3 Å². The summed E-state index contributed by atoms with van der Waals surface area (Å²) in [6.07, 6.45) is 1.43. The molecule has 8 heteroatoms. The number of fused-ring (bicyclic) bond motifs is 1. The van der Waals surface area contributed by atoms with Crippen LogP contribution in [0.15, 0.2) is 59.0 Å². The topological polar surface area (TPSA) is 94.2 Å². The Kier molecular flexibility index (Phi) is 6.01. The minimum Gasteiger partial charge on any atom is -0.493 e. The van der Waals surface area contributed by atoms with Crippen LogP contribution in [0, 0.1) is 18.3 Å². The van der Waals surface area contributed by atoms with Crippen LogP contribution < -0.4 is 15.0 Å². The third-order valence-corrected chi connectivity index (χ3v) is 5.88. The first-order valence-corrected chi connectivity index (χ1v) is 10.7. The van der Waals surface area contributed by atoms with Gasteiger partial charge in [-0.1, -0.05) is 29.8 Å². The van der Waals surface area contributed by atoms with Gasteiger partial charge in [0.05, 0.1) is 36.9 Å². The molecule has 0 unspecified atom stereocenters. The number of benzene rings is 2. The molecule has 0 spiro atoms. The highest BCUT2D eigenvalue weighted by atomic mass is 32.1. The van der Waals surface area contributed by atoms with Gasteiger partial charge in [-0.2, -0.15) is 5.26 Å². The fraction of sp³-hybridized carbons (Fsp3) is 0.167. The third kappa shape index (κ3) is 4.24. The zero-order valence-electron chi connectivity index (χ0n) is 17.5. The molecule has 0 bridgehead atoms. The molecular weight excluding hydrogens is 426 g/mol. The Morgan fingerprint density at radius 2 is 1.97 bits per heavy atom. The molecule has 0 aliphatic rings. The number of carbonyl (C=O) groups excluding carboxylic acids is 1. The number of hydrogen-bond acceptors (Lipinski definition) is 7. The number of thiophene rings is 1. The highest BCUT2D eigenvalue weighted by molar-refractivity contribution is 7.17. The van der Waals surface area contributed by atoms with E-state index in [0.717, 1.165) is 16.7 Å². The van der Waals surface area contributed by atoms with Crippen LogP contribution in [0.4, 0.5) is 0 Å². The van der Waals surface area contributed by atoms with Crippen molar-refractivity contribution in [1.82, 2.24) is 9.55 Å². The van der Waals surface area contributed by atoms with Gasteiger partial charge in [0.25, 0.3) is 5.56 Å². The lowest BCUT2D eigenvalue weighted by Crippen LogP contribution is -2.23. The van der Waals surface area contributed by atoms with Gasteiger partial charge in [0.15, 0.2) is 11.5 Å². The van der Waals surface area contributed by atoms with Crippen LogP contribution >= 0.6 is 11.3 Å². The first-order valence-electron chi connectivity index (χ1n) is 9.82. The lowest BCUT2D eigenvalue weighted by Gasteiger charge is -2.10. The number of rotatable bonds is 6. The van der Waals surface area contributed by atoms with Crippen molar-refractivity contribution in [1.29, 1.82) is 5.26 Å². The fourth-order valence-electron chi connectivity index (χ4n) is 3.28. The van der Waals surface area contributed by atoms with Gasteiger partial charge >= 0.3 is 5.97 Å². The first kappa shape index (κ1) is 21.3. The van der Waals surface area contributed by atoms with Crippen LogP contribution in [0.25, 0.3) is 21.3 Å². The van der Waals surface area contributed by atoms with Gasteiger partial charge in [-0.15, -0.1) is 11.3 Å². The lowest BCUT2D eigenvalue weighted by atomic mass is 10.1. The Labute approximate surface area is 188 Å². The molecule has 0 radical (unpaired) electrons. The summed E-state index contributed by atoms with van der Waals surface area (Å²) in [5.74, 6) is -0.0142. The smallest absolute Gasteiger partial charge is 0.313 e. The molecule has 0 aliphatic heterocycles. The summed E-state index contributed by atoms with van der Waals surface area (Å²) in [4.78, 5) is 30.5. The van der Waals surface area contributed by atoms with E-state index in [9.17, 15) is 9.59 Å². The van der Waals surface area contributed by atoms with Crippen molar-refractivity contribution in [2.45, 2.75) is 19.9 Å². The summed E-state index contributed by atoms with van der Waals surface area (Å²) < 4.78 is 12.0. The molecule has 2 aromatic carbocycles. The van der Waals surface area contributed by atoms with E-state index in [2.05, 4.69) is 4.98 Å². The molecule has 0 saturated heterocycles. The summed E-state index contributed by atoms with van der Waals surface area (Å²) in [5.41, 5.74) is 3.12. The average molecular weight is 446 g/mol. The van der Waals surface area contributed by atoms with Crippen molar-refractivity contribution >= 4 is 27.5 Å². The average Bonchev–Trinajstić information content (AvgIpc) is 3.24. The van der Waals surface area contributed by atoms with Crippen LogP contribution in [0.2, 0.25) is 0 Å². The van der Waals surface area contributed by atoms with Crippen molar-refractivity contribution in [3.63, 3.8) is 0 Å². The fourth-order valence-corrected chi connectivity index (χ4v) is 4.19. The Bertz CT molecular complexity index is 1400. The van der Waals surface area contributed by atoms with Crippen LogP contribution in [-0.4, -0.2) is 22.6 Å². The van der Waals surface area contributed by atoms with Crippen molar-refractivity contribution in [3.8, 4) is 28.7 Å². The largest absolute Gasteiger partial charge is 0.493 e. The molecule has 2 aromatic heterocycles. The maximum absolute atomic E-state index is 13.1. The van der Waals surface area contributed by atoms with Crippen LogP contribution in [0.1, 0.15) is 17.5 Å². The molecule has 7 nitrogen and oxygen atoms in total. The van der Waals surface area contributed by atoms with Crippen LogP contribution in [0.3, 0.4) is 0 Å². The van der Waals surface area contributed by atoms with Gasteiger partial charge in [-0.3, -0.25) is 14.2 Å². The van der Waals surface area contributed by atoms with E-state index < -0.39 is 5.97 Å². The van der Waals surface area contributed by atoms with E-state index in [4.69, 9.17) is 14.7 Å². The van der Waals surface area contributed by atoms with Crippen LogP contribution in [0.5, 0.6) is 11.5 Å². The predicted octanol–water partition coefficient (Wildman–Crippen LogP) is 4.31. The number of hydrogen-bond donors (Lipinski definition) is 0. The van der Waals surface area contributed by atoms with Gasteiger partial charge in [0.2, 0.25) is 0 Å². The number of nitriles is 1. The molecule has 0 fully saturated rings. The van der Waals surface area contributed by atoms with E-state index in [1.165, 1.54) is 47.5 Å².